The van der Waals surface area contributed by atoms with Crippen molar-refractivity contribution < 1.29 is 9.32 Å². The van der Waals surface area contributed by atoms with Gasteiger partial charge in [-0.2, -0.15) is 4.98 Å². The largest absolute Gasteiger partial charge is 0.350 e. The molecule has 1 amide bonds. The number of amides is 1. The summed E-state index contributed by atoms with van der Waals surface area (Å²) in [6.45, 7) is 8.66. The first-order valence-electron chi connectivity index (χ1n) is 12.6. The number of allylic oxidation sites excluding steroid dienone is 4. The van der Waals surface area contributed by atoms with Gasteiger partial charge in [-0.25, -0.2) is 4.98 Å². The van der Waals surface area contributed by atoms with Gasteiger partial charge in [0.15, 0.2) is 0 Å². The summed E-state index contributed by atoms with van der Waals surface area (Å²) in [6.07, 6.45) is 12.8. The maximum absolute atomic E-state index is 13.7. The Bertz CT molecular complexity index is 1190. The van der Waals surface area contributed by atoms with Crippen LogP contribution in [-0.2, 0) is 17.8 Å². The quantitative estimate of drug-likeness (QED) is 0.362. The molecule has 1 fully saturated rings. The van der Waals surface area contributed by atoms with Gasteiger partial charge in [0, 0.05) is 35.0 Å². The standard InChI is InChI=1S/C26H35IN6O3/c1-26(2,3)30-21(34)17-33-24(19-9-7-8-18(14-19)15-27)28-16-20(25(33)35)23-29-22(36-31-23)10-13-32-11-5-4-6-12-32/h7-9,16,19H,4-6,10-15,17H2,1-3H3,(H,30,34). The smallest absolute Gasteiger partial charge is 0.265 e. The summed E-state index contributed by atoms with van der Waals surface area (Å²) in [5.74, 6) is 0.944. The molecule has 2 aromatic heterocycles. The molecular weight excluding hydrogens is 571 g/mol. The molecule has 1 N–H and O–H groups in total. The van der Waals surface area contributed by atoms with Gasteiger partial charge >= 0.3 is 0 Å². The third-order valence-corrected chi connectivity index (χ3v) is 7.33. The lowest BCUT2D eigenvalue weighted by Gasteiger charge is -2.25. The Kier molecular flexibility index (Phi) is 8.76. The van der Waals surface area contributed by atoms with Crippen LogP contribution in [0.3, 0.4) is 0 Å². The van der Waals surface area contributed by atoms with Gasteiger partial charge in [0.1, 0.15) is 17.9 Å². The molecule has 1 aliphatic heterocycles. The minimum atomic E-state index is -0.412. The number of hydrogen-bond acceptors (Lipinski definition) is 7. The van der Waals surface area contributed by atoms with Crippen molar-refractivity contribution >= 4 is 28.5 Å². The van der Waals surface area contributed by atoms with E-state index < -0.39 is 5.54 Å². The van der Waals surface area contributed by atoms with E-state index in [1.807, 2.05) is 32.9 Å². The van der Waals surface area contributed by atoms with E-state index in [0.717, 1.165) is 30.5 Å². The predicted molar refractivity (Wildman–Crippen MR) is 147 cm³/mol. The summed E-state index contributed by atoms with van der Waals surface area (Å²) < 4.78 is 7.83. The summed E-state index contributed by atoms with van der Waals surface area (Å²) in [7, 11) is 0. The van der Waals surface area contributed by atoms with E-state index in [-0.39, 0.29) is 35.3 Å². The van der Waals surface area contributed by atoms with Crippen molar-refractivity contribution in [2.45, 2.75) is 70.9 Å². The molecule has 36 heavy (non-hydrogen) atoms. The highest BCUT2D eigenvalue weighted by molar-refractivity contribution is 14.1. The van der Waals surface area contributed by atoms with Gasteiger partial charge in [-0.05, 0) is 53.1 Å². The maximum atomic E-state index is 13.7. The summed E-state index contributed by atoms with van der Waals surface area (Å²) in [5, 5.41) is 7.02. The first kappa shape index (κ1) is 26.7. The minimum Gasteiger partial charge on any atom is -0.350 e. The van der Waals surface area contributed by atoms with E-state index in [1.165, 1.54) is 35.6 Å². The number of halogens is 1. The molecule has 2 aromatic rings. The lowest BCUT2D eigenvalue weighted by molar-refractivity contribution is -0.123. The topological polar surface area (TPSA) is 106 Å². The number of nitrogens with one attached hydrogen (secondary N) is 1. The van der Waals surface area contributed by atoms with Crippen molar-refractivity contribution in [3.63, 3.8) is 0 Å². The van der Waals surface area contributed by atoms with Crippen LogP contribution in [0.4, 0.5) is 0 Å². The minimum absolute atomic E-state index is 0.0886. The Balaban J connectivity index is 1.60. The SMILES string of the molecule is CC(C)(C)NC(=O)Cn1c(C2C=CC=C(CI)C2)ncc(-c2noc(CCN3CCCCC3)n2)c1=O. The normalized spacial score (nSPS) is 18.8. The van der Waals surface area contributed by atoms with Crippen LogP contribution in [0.15, 0.2) is 39.3 Å². The van der Waals surface area contributed by atoms with Crippen LogP contribution >= 0.6 is 22.6 Å². The molecule has 194 valence electrons. The number of carbonyl (C=O) groups is 1. The van der Waals surface area contributed by atoms with Crippen LogP contribution in [0.2, 0.25) is 0 Å². The first-order chi connectivity index (χ1) is 17.2. The molecule has 1 atom stereocenters. The number of rotatable bonds is 8. The Labute approximate surface area is 225 Å². The highest BCUT2D eigenvalue weighted by Gasteiger charge is 2.25. The number of nitrogens with zero attached hydrogens (tertiary/aromatic N) is 5. The van der Waals surface area contributed by atoms with Crippen molar-refractivity contribution in [3.8, 4) is 11.4 Å². The number of carbonyl (C=O) groups excluding carboxylic acids is 1. The highest BCUT2D eigenvalue weighted by Crippen LogP contribution is 2.28. The Morgan fingerprint density at radius 1 is 1.25 bits per heavy atom. The Hall–Kier alpha value is -2.34. The van der Waals surface area contributed by atoms with Gasteiger partial charge in [-0.3, -0.25) is 14.2 Å². The third-order valence-electron chi connectivity index (χ3n) is 6.35. The van der Waals surface area contributed by atoms with E-state index in [9.17, 15) is 9.59 Å². The van der Waals surface area contributed by atoms with Crippen LogP contribution in [-0.4, -0.2) is 60.1 Å². The molecule has 1 saturated heterocycles. The zero-order chi connectivity index (χ0) is 25.7. The zero-order valence-electron chi connectivity index (χ0n) is 21.3. The summed E-state index contributed by atoms with van der Waals surface area (Å²) in [5.41, 5.74) is 0.750. The highest BCUT2D eigenvalue weighted by atomic mass is 127. The second-order valence-corrected chi connectivity index (χ2v) is 11.3. The summed E-state index contributed by atoms with van der Waals surface area (Å²) in [6, 6.07) is 0. The molecule has 0 bridgehead atoms. The average molecular weight is 607 g/mol. The fraction of sp³-hybridized carbons (Fsp3) is 0.577. The number of hydrogen-bond donors (Lipinski definition) is 1. The maximum Gasteiger partial charge on any atom is 0.265 e. The van der Waals surface area contributed by atoms with Crippen molar-refractivity contribution in [1.82, 2.24) is 29.9 Å². The third kappa shape index (κ3) is 6.90. The molecule has 9 nitrogen and oxygen atoms in total. The molecule has 0 saturated carbocycles. The van der Waals surface area contributed by atoms with E-state index in [4.69, 9.17) is 4.52 Å². The van der Waals surface area contributed by atoms with Crippen LogP contribution in [0.1, 0.15) is 64.1 Å². The first-order valence-corrected chi connectivity index (χ1v) is 14.1. The second-order valence-electron chi connectivity index (χ2n) is 10.5. The lowest BCUT2D eigenvalue weighted by Crippen LogP contribution is -2.44. The average Bonchev–Trinajstić information content (AvgIpc) is 3.32. The molecule has 4 rings (SSSR count). The summed E-state index contributed by atoms with van der Waals surface area (Å²) >= 11 is 2.34. The fourth-order valence-corrected chi connectivity index (χ4v) is 5.20. The predicted octanol–water partition coefficient (Wildman–Crippen LogP) is 3.64. The molecule has 0 radical (unpaired) electrons. The van der Waals surface area contributed by atoms with Gasteiger partial charge in [-0.1, -0.05) is 58.0 Å². The Morgan fingerprint density at radius 3 is 2.75 bits per heavy atom. The van der Waals surface area contributed by atoms with Crippen molar-refractivity contribution in [2.24, 2.45) is 0 Å². The van der Waals surface area contributed by atoms with E-state index in [0.29, 0.717) is 18.1 Å². The van der Waals surface area contributed by atoms with Crippen molar-refractivity contribution in [2.75, 3.05) is 24.1 Å². The second kappa shape index (κ2) is 11.8. The van der Waals surface area contributed by atoms with Gasteiger partial charge < -0.3 is 14.7 Å². The van der Waals surface area contributed by atoms with Gasteiger partial charge in [0.2, 0.25) is 17.6 Å². The number of piperidine rings is 1. The van der Waals surface area contributed by atoms with Gasteiger partial charge in [0.25, 0.3) is 5.56 Å². The van der Waals surface area contributed by atoms with E-state index in [1.54, 1.807) is 0 Å². The molecule has 10 heteroatoms. The molecular formula is C26H35IN6O3. The van der Waals surface area contributed by atoms with Gasteiger partial charge in [-0.15, -0.1) is 0 Å². The molecule has 2 aliphatic rings. The zero-order valence-corrected chi connectivity index (χ0v) is 23.5. The van der Waals surface area contributed by atoms with Crippen molar-refractivity contribution in [1.29, 1.82) is 0 Å². The lowest BCUT2D eigenvalue weighted by atomic mass is 9.94. The molecule has 1 unspecified atom stereocenters. The van der Waals surface area contributed by atoms with Gasteiger partial charge in [0.05, 0.1) is 0 Å². The van der Waals surface area contributed by atoms with Crippen LogP contribution in [0, 0.1) is 0 Å². The molecule has 3 heterocycles. The molecule has 0 spiro atoms. The number of aromatic nitrogens is 4. The summed E-state index contributed by atoms with van der Waals surface area (Å²) in [4.78, 5) is 38.1. The van der Waals surface area contributed by atoms with Crippen LogP contribution in [0.25, 0.3) is 11.4 Å². The fourth-order valence-electron chi connectivity index (χ4n) is 4.63. The molecule has 0 aromatic carbocycles. The number of alkyl halides is 1. The van der Waals surface area contributed by atoms with E-state index in [2.05, 4.69) is 54.0 Å². The Morgan fingerprint density at radius 2 is 2.03 bits per heavy atom. The van der Waals surface area contributed by atoms with Crippen molar-refractivity contribution in [3.05, 3.63) is 52.1 Å². The van der Waals surface area contributed by atoms with E-state index >= 15 is 0 Å². The molecule has 1 aliphatic carbocycles. The number of likely N-dealkylation sites (tertiary alicyclic amines) is 1. The monoisotopic (exact) mass is 606 g/mol. The van der Waals surface area contributed by atoms with Crippen LogP contribution in [0.5, 0.6) is 0 Å². The van der Waals surface area contributed by atoms with Crippen LogP contribution < -0.4 is 10.9 Å².